The van der Waals surface area contributed by atoms with E-state index in [-0.39, 0.29) is 30.1 Å². The zero-order chi connectivity index (χ0) is 23.8. The SMILES string of the molecule is CC(C)C[C@H](NC(=O)[C@H](Cc1ccccc1)NC(=O)CNN1CCCCC1)C(=O)[C@@]1(C)CO1. The van der Waals surface area contributed by atoms with Crippen LogP contribution in [0.2, 0.25) is 0 Å². The molecule has 0 bridgehead atoms. The molecule has 2 fully saturated rings. The van der Waals surface area contributed by atoms with Crippen LogP contribution in [0.1, 0.15) is 52.0 Å². The molecular formula is C25H38N4O4. The number of ketones is 1. The van der Waals surface area contributed by atoms with Gasteiger partial charge in [-0.05, 0) is 37.7 Å². The van der Waals surface area contributed by atoms with Crippen LogP contribution in [-0.4, -0.2) is 66.5 Å². The average molecular weight is 459 g/mol. The predicted molar refractivity (Wildman–Crippen MR) is 126 cm³/mol. The van der Waals surface area contributed by atoms with Crippen LogP contribution in [-0.2, 0) is 25.5 Å². The minimum absolute atomic E-state index is 0.110. The maximum absolute atomic E-state index is 13.3. The highest BCUT2D eigenvalue weighted by Crippen LogP contribution is 2.29. The van der Waals surface area contributed by atoms with E-state index in [9.17, 15) is 14.4 Å². The van der Waals surface area contributed by atoms with E-state index in [1.807, 2.05) is 44.2 Å². The van der Waals surface area contributed by atoms with Gasteiger partial charge in [0.15, 0.2) is 5.78 Å². The average Bonchev–Trinajstić information content (AvgIpc) is 3.56. The molecular weight excluding hydrogens is 420 g/mol. The first-order valence-electron chi connectivity index (χ1n) is 12.1. The molecule has 2 amide bonds. The summed E-state index contributed by atoms with van der Waals surface area (Å²) >= 11 is 0. The molecule has 8 nitrogen and oxygen atoms in total. The Morgan fingerprint density at radius 1 is 1.03 bits per heavy atom. The summed E-state index contributed by atoms with van der Waals surface area (Å²) in [5, 5.41) is 7.84. The lowest BCUT2D eigenvalue weighted by Gasteiger charge is -2.28. The lowest BCUT2D eigenvalue weighted by atomic mass is 9.93. The van der Waals surface area contributed by atoms with E-state index >= 15 is 0 Å². The Kier molecular flexibility index (Phi) is 9.00. The Balaban J connectivity index is 1.65. The van der Waals surface area contributed by atoms with Gasteiger partial charge in [-0.15, -0.1) is 0 Å². The van der Waals surface area contributed by atoms with Crippen molar-refractivity contribution in [2.45, 2.75) is 70.6 Å². The zero-order valence-electron chi connectivity index (χ0n) is 20.1. The van der Waals surface area contributed by atoms with Crippen molar-refractivity contribution in [3.8, 4) is 0 Å². The number of carbonyl (C=O) groups is 3. The third-order valence-corrected chi connectivity index (χ3v) is 6.19. The Labute approximate surface area is 196 Å². The number of amides is 2. The second-order valence-corrected chi connectivity index (χ2v) is 9.77. The van der Waals surface area contributed by atoms with Crippen LogP contribution in [0.4, 0.5) is 0 Å². The molecule has 8 heteroatoms. The molecule has 2 aliphatic rings. The molecule has 0 spiro atoms. The van der Waals surface area contributed by atoms with E-state index in [4.69, 9.17) is 4.74 Å². The number of nitrogens with zero attached hydrogens (tertiary/aromatic N) is 1. The number of ether oxygens (including phenoxy) is 1. The van der Waals surface area contributed by atoms with Crippen molar-refractivity contribution in [1.82, 2.24) is 21.1 Å². The van der Waals surface area contributed by atoms with Gasteiger partial charge >= 0.3 is 0 Å². The van der Waals surface area contributed by atoms with Crippen molar-refractivity contribution in [3.63, 3.8) is 0 Å². The minimum Gasteiger partial charge on any atom is -0.361 e. The summed E-state index contributed by atoms with van der Waals surface area (Å²) in [6, 6.07) is 8.14. The molecule has 2 aliphatic heterocycles. The van der Waals surface area contributed by atoms with Crippen molar-refractivity contribution in [2.24, 2.45) is 5.92 Å². The summed E-state index contributed by atoms with van der Waals surface area (Å²) in [6.45, 7) is 8.10. The summed E-state index contributed by atoms with van der Waals surface area (Å²) in [7, 11) is 0. The van der Waals surface area contributed by atoms with E-state index in [0.29, 0.717) is 19.4 Å². The summed E-state index contributed by atoms with van der Waals surface area (Å²) in [5.74, 6) is -0.493. The van der Waals surface area contributed by atoms with Gasteiger partial charge in [-0.2, -0.15) is 0 Å². The first kappa shape index (κ1) is 25.3. The normalized spacial score (nSPS) is 22.4. The third-order valence-electron chi connectivity index (χ3n) is 6.19. The van der Waals surface area contributed by atoms with Crippen LogP contribution >= 0.6 is 0 Å². The van der Waals surface area contributed by atoms with Gasteiger partial charge in [0.1, 0.15) is 11.6 Å². The van der Waals surface area contributed by atoms with E-state index in [1.54, 1.807) is 6.92 Å². The van der Waals surface area contributed by atoms with E-state index < -0.39 is 17.7 Å². The third kappa shape index (κ3) is 7.91. The first-order valence-corrected chi connectivity index (χ1v) is 12.1. The fourth-order valence-corrected chi connectivity index (χ4v) is 4.13. The number of hydrogen-bond acceptors (Lipinski definition) is 6. The fraction of sp³-hybridized carbons (Fsp3) is 0.640. The molecule has 0 aliphatic carbocycles. The lowest BCUT2D eigenvalue weighted by molar-refractivity contribution is -0.133. The van der Waals surface area contributed by atoms with E-state index in [2.05, 4.69) is 21.1 Å². The van der Waals surface area contributed by atoms with Gasteiger partial charge in [0.05, 0.1) is 19.2 Å². The second-order valence-electron chi connectivity index (χ2n) is 9.77. The smallest absolute Gasteiger partial charge is 0.243 e. The molecule has 0 radical (unpaired) electrons. The largest absolute Gasteiger partial charge is 0.361 e. The molecule has 1 aromatic carbocycles. The predicted octanol–water partition coefficient (Wildman–Crippen LogP) is 1.59. The molecule has 33 heavy (non-hydrogen) atoms. The quantitative estimate of drug-likeness (QED) is 0.411. The molecule has 182 valence electrons. The summed E-state index contributed by atoms with van der Waals surface area (Å²) in [6.07, 6.45) is 4.30. The Bertz CT molecular complexity index is 804. The summed E-state index contributed by atoms with van der Waals surface area (Å²) < 4.78 is 5.33. The fourth-order valence-electron chi connectivity index (χ4n) is 4.13. The van der Waals surface area contributed by atoms with Crippen LogP contribution in [0.25, 0.3) is 0 Å². The first-order chi connectivity index (χ1) is 15.8. The zero-order valence-corrected chi connectivity index (χ0v) is 20.1. The monoisotopic (exact) mass is 458 g/mol. The van der Waals surface area contributed by atoms with Crippen LogP contribution in [0.15, 0.2) is 30.3 Å². The van der Waals surface area contributed by atoms with Gasteiger partial charge < -0.3 is 15.4 Å². The number of hydrogen-bond donors (Lipinski definition) is 3. The van der Waals surface area contributed by atoms with Crippen molar-refractivity contribution >= 4 is 17.6 Å². The van der Waals surface area contributed by atoms with Crippen molar-refractivity contribution in [3.05, 3.63) is 35.9 Å². The number of epoxide rings is 1. The molecule has 3 N–H and O–H groups in total. The van der Waals surface area contributed by atoms with Gasteiger partial charge in [-0.25, -0.2) is 10.4 Å². The molecule has 3 atom stereocenters. The molecule has 2 saturated heterocycles. The van der Waals surface area contributed by atoms with Crippen molar-refractivity contribution in [2.75, 3.05) is 26.2 Å². The maximum Gasteiger partial charge on any atom is 0.243 e. The topological polar surface area (TPSA) is 103 Å². The van der Waals surface area contributed by atoms with Gasteiger partial charge in [0.25, 0.3) is 0 Å². The maximum atomic E-state index is 13.3. The summed E-state index contributed by atoms with van der Waals surface area (Å²) in [5.41, 5.74) is 3.28. The highest BCUT2D eigenvalue weighted by molar-refractivity contribution is 5.98. The van der Waals surface area contributed by atoms with Crippen molar-refractivity contribution < 1.29 is 19.1 Å². The molecule has 0 unspecified atom stereocenters. The van der Waals surface area contributed by atoms with E-state index in [1.165, 1.54) is 6.42 Å². The Morgan fingerprint density at radius 3 is 2.30 bits per heavy atom. The van der Waals surface area contributed by atoms with Gasteiger partial charge in [-0.1, -0.05) is 50.6 Å². The number of piperidine rings is 1. The van der Waals surface area contributed by atoms with E-state index in [0.717, 1.165) is 31.5 Å². The van der Waals surface area contributed by atoms with Crippen molar-refractivity contribution in [1.29, 1.82) is 0 Å². The number of nitrogens with one attached hydrogen (secondary N) is 3. The summed E-state index contributed by atoms with van der Waals surface area (Å²) in [4.78, 5) is 38.9. The highest BCUT2D eigenvalue weighted by Gasteiger charge is 2.50. The highest BCUT2D eigenvalue weighted by atomic mass is 16.6. The molecule has 0 saturated carbocycles. The minimum atomic E-state index is -0.816. The van der Waals surface area contributed by atoms with Crippen LogP contribution in [0, 0.1) is 5.92 Å². The molecule has 3 rings (SSSR count). The number of Topliss-reactive ketones (excluding diaryl/α,β-unsaturated/α-hetero) is 1. The van der Waals surface area contributed by atoms with Gasteiger partial charge in [0.2, 0.25) is 11.8 Å². The number of carbonyl (C=O) groups excluding carboxylic acids is 3. The Morgan fingerprint density at radius 2 is 1.70 bits per heavy atom. The number of hydrazine groups is 1. The van der Waals surface area contributed by atoms with Crippen LogP contribution < -0.4 is 16.1 Å². The van der Waals surface area contributed by atoms with Gasteiger partial charge in [-0.3, -0.25) is 14.4 Å². The second kappa shape index (κ2) is 11.7. The molecule has 0 aromatic heterocycles. The van der Waals surface area contributed by atoms with Gasteiger partial charge in [0, 0.05) is 19.5 Å². The standard InChI is InChI=1S/C25H38N4O4/c1-18(2)14-20(23(31)25(3)17-33-25)28-24(32)21(15-19-10-6-4-7-11-19)27-22(30)16-26-29-12-8-5-9-13-29/h4,6-7,10-11,18,20-21,26H,5,8-9,12-17H2,1-3H3,(H,27,30)(H,28,32)/t20-,21-,25+/m0/s1. The molecule has 1 aromatic rings. The van der Waals surface area contributed by atoms with Crippen LogP contribution in [0.5, 0.6) is 0 Å². The van der Waals surface area contributed by atoms with Crippen LogP contribution in [0.3, 0.4) is 0 Å². The Hall–Kier alpha value is -2.29. The lowest BCUT2D eigenvalue weighted by Crippen LogP contribution is -2.56. The molecule has 2 heterocycles. The number of rotatable bonds is 12. The number of benzene rings is 1.